The molecule has 32 heavy (non-hydrogen) atoms. The molecule has 3 aromatic rings. The van der Waals surface area contributed by atoms with E-state index >= 15 is 0 Å². The number of rotatable bonds is 8. The average molecular weight is 438 g/mol. The first-order chi connectivity index (χ1) is 15.5. The highest BCUT2D eigenvalue weighted by Crippen LogP contribution is 2.19. The van der Waals surface area contributed by atoms with E-state index in [0.717, 1.165) is 11.3 Å². The molecule has 1 aromatic heterocycles. The number of carbonyl (C=O) groups is 3. The van der Waals surface area contributed by atoms with E-state index in [2.05, 4.69) is 15.6 Å². The van der Waals surface area contributed by atoms with Gasteiger partial charge in [-0.25, -0.2) is 4.79 Å². The Morgan fingerprint density at radius 1 is 0.781 bits per heavy atom. The molecule has 0 bridgehead atoms. The summed E-state index contributed by atoms with van der Waals surface area (Å²) in [4.78, 5) is 35.6. The van der Waals surface area contributed by atoms with Gasteiger partial charge in [-0.2, -0.15) is 0 Å². The molecule has 0 aliphatic rings. The van der Waals surface area contributed by atoms with Crippen LogP contribution >= 0.6 is 0 Å². The molecule has 9 nitrogen and oxygen atoms in total. The normalized spacial score (nSPS) is 10.2. The third kappa shape index (κ3) is 5.88. The van der Waals surface area contributed by atoms with Crippen molar-refractivity contribution < 1.29 is 33.0 Å². The standard InChI is InChI=1S/C23H22N2O7/c1-3-30-17-8-10-18(11-9-17)31-14-15-4-6-16(7-5-15)21(26)24-25-22(27)19-12-13-20(32-19)23(28)29-2/h4-13H,3,14H2,1-2H3,(H,24,26)(H,25,27). The van der Waals surface area contributed by atoms with Crippen molar-refractivity contribution in [2.45, 2.75) is 13.5 Å². The highest BCUT2D eigenvalue weighted by molar-refractivity contribution is 5.98. The topological polar surface area (TPSA) is 116 Å². The van der Waals surface area contributed by atoms with Crippen LogP contribution in [0.25, 0.3) is 0 Å². The Hall–Kier alpha value is -4.27. The summed E-state index contributed by atoms with van der Waals surface area (Å²) in [6.45, 7) is 2.85. The van der Waals surface area contributed by atoms with Gasteiger partial charge in [-0.05, 0) is 61.0 Å². The van der Waals surface area contributed by atoms with Crippen LogP contribution in [0.3, 0.4) is 0 Å². The van der Waals surface area contributed by atoms with E-state index in [0.29, 0.717) is 24.5 Å². The number of carbonyl (C=O) groups excluding carboxylic acids is 3. The second-order valence-corrected chi connectivity index (χ2v) is 6.45. The summed E-state index contributed by atoms with van der Waals surface area (Å²) in [6, 6.07) is 16.6. The highest BCUT2D eigenvalue weighted by atomic mass is 16.5. The molecule has 0 spiro atoms. The molecule has 0 aliphatic heterocycles. The molecule has 2 amide bonds. The van der Waals surface area contributed by atoms with E-state index in [1.807, 2.05) is 31.2 Å². The van der Waals surface area contributed by atoms with Gasteiger partial charge in [0, 0.05) is 5.56 Å². The van der Waals surface area contributed by atoms with Crippen LogP contribution in [0.4, 0.5) is 0 Å². The molecule has 0 saturated heterocycles. The number of hydrogen-bond acceptors (Lipinski definition) is 7. The monoisotopic (exact) mass is 438 g/mol. The predicted molar refractivity (Wildman–Crippen MR) is 113 cm³/mol. The second kappa shape index (κ2) is 10.7. The Balaban J connectivity index is 1.48. The summed E-state index contributed by atoms with van der Waals surface area (Å²) in [5, 5.41) is 0. The predicted octanol–water partition coefficient (Wildman–Crippen LogP) is 3.12. The quantitative estimate of drug-likeness (QED) is 0.410. The van der Waals surface area contributed by atoms with Crippen LogP contribution in [-0.4, -0.2) is 31.5 Å². The number of amides is 2. The number of hydrogen-bond donors (Lipinski definition) is 2. The van der Waals surface area contributed by atoms with Crippen molar-refractivity contribution in [1.29, 1.82) is 0 Å². The summed E-state index contributed by atoms with van der Waals surface area (Å²) in [5.41, 5.74) is 5.71. The lowest BCUT2D eigenvalue weighted by Gasteiger charge is -2.09. The van der Waals surface area contributed by atoms with Gasteiger partial charge in [0.2, 0.25) is 5.76 Å². The van der Waals surface area contributed by atoms with Crippen LogP contribution in [0.1, 0.15) is 44.0 Å². The number of furan rings is 1. The van der Waals surface area contributed by atoms with Gasteiger partial charge in [-0.15, -0.1) is 0 Å². The van der Waals surface area contributed by atoms with Gasteiger partial charge >= 0.3 is 11.9 Å². The summed E-state index contributed by atoms with van der Waals surface area (Å²) >= 11 is 0. The first kappa shape index (κ1) is 22.4. The molecule has 0 saturated carbocycles. The van der Waals surface area contributed by atoms with Crippen LogP contribution < -0.4 is 20.3 Å². The molecule has 9 heteroatoms. The van der Waals surface area contributed by atoms with E-state index in [9.17, 15) is 14.4 Å². The largest absolute Gasteiger partial charge is 0.494 e. The molecule has 0 atom stereocenters. The zero-order valence-corrected chi connectivity index (χ0v) is 17.5. The third-order valence-electron chi connectivity index (χ3n) is 4.26. The molecular formula is C23H22N2O7. The molecule has 0 fully saturated rings. The smallest absolute Gasteiger partial charge is 0.373 e. The zero-order chi connectivity index (χ0) is 22.9. The number of esters is 1. The Morgan fingerprint density at radius 2 is 1.38 bits per heavy atom. The molecule has 0 radical (unpaired) electrons. The lowest BCUT2D eigenvalue weighted by Crippen LogP contribution is -2.41. The molecule has 0 aliphatic carbocycles. The molecule has 3 rings (SSSR count). The average Bonchev–Trinajstić information content (AvgIpc) is 3.32. The van der Waals surface area contributed by atoms with Crippen molar-refractivity contribution in [2.75, 3.05) is 13.7 Å². The molecular weight excluding hydrogens is 416 g/mol. The zero-order valence-electron chi connectivity index (χ0n) is 17.5. The fourth-order valence-electron chi connectivity index (χ4n) is 2.64. The van der Waals surface area contributed by atoms with E-state index in [1.165, 1.54) is 19.2 Å². The van der Waals surface area contributed by atoms with Crippen molar-refractivity contribution in [3.8, 4) is 11.5 Å². The van der Waals surface area contributed by atoms with Gasteiger partial charge < -0.3 is 18.6 Å². The van der Waals surface area contributed by atoms with Crippen molar-refractivity contribution in [2.24, 2.45) is 0 Å². The molecule has 1 heterocycles. The molecule has 2 aromatic carbocycles. The van der Waals surface area contributed by atoms with Crippen LogP contribution in [-0.2, 0) is 11.3 Å². The summed E-state index contributed by atoms with van der Waals surface area (Å²) < 4.78 is 20.7. The van der Waals surface area contributed by atoms with Crippen molar-refractivity contribution in [3.63, 3.8) is 0 Å². The summed E-state index contributed by atoms with van der Waals surface area (Å²) in [5.74, 6) is -0.727. The SMILES string of the molecule is CCOc1ccc(OCc2ccc(C(=O)NNC(=O)c3ccc(C(=O)OC)o3)cc2)cc1. The first-order valence-electron chi connectivity index (χ1n) is 9.73. The number of ether oxygens (including phenoxy) is 3. The Bertz CT molecular complexity index is 1070. The van der Waals surface area contributed by atoms with Gasteiger partial charge in [0.05, 0.1) is 13.7 Å². The van der Waals surface area contributed by atoms with Gasteiger partial charge in [-0.1, -0.05) is 12.1 Å². The number of benzene rings is 2. The maximum atomic E-state index is 12.2. The van der Waals surface area contributed by atoms with Gasteiger partial charge in [-0.3, -0.25) is 20.4 Å². The fraction of sp³-hybridized carbons (Fsp3) is 0.174. The van der Waals surface area contributed by atoms with E-state index in [4.69, 9.17) is 13.9 Å². The Morgan fingerprint density at radius 3 is 2.00 bits per heavy atom. The summed E-state index contributed by atoms with van der Waals surface area (Å²) in [7, 11) is 1.20. The summed E-state index contributed by atoms with van der Waals surface area (Å²) in [6.07, 6.45) is 0. The molecule has 166 valence electrons. The minimum atomic E-state index is -0.714. The van der Waals surface area contributed by atoms with Crippen molar-refractivity contribution >= 4 is 17.8 Å². The van der Waals surface area contributed by atoms with Crippen LogP contribution in [0.2, 0.25) is 0 Å². The van der Waals surface area contributed by atoms with Crippen molar-refractivity contribution in [3.05, 3.63) is 83.3 Å². The van der Waals surface area contributed by atoms with Crippen LogP contribution in [0, 0.1) is 0 Å². The Labute approximate surface area is 184 Å². The number of methoxy groups -OCH3 is 1. The lowest BCUT2D eigenvalue weighted by atomic mass is 10.1. The van der Waals surface area contributed by atoms with E-state index in [1.54, 1.807) is 24.3 Å². The number of nitrogens with one attached hydrogen (secondary N) is 2. The highest BCUT2D eigenvalue weighted by Gasteiger charge is 2.16. The van der Waals surface area contributed by atoms with Gasteiger partial charge in [0.1, 0.15) is 18.1 Å². The molecule has 2 N–H and O–H groups in total. The van der Waals surface area contributed by atoms with Crippen molar-refractivity contribution in [1.82, 2.24) is 10.9 Å². The van der Waals surface area contributed by atoms with Crippen LogP contribution in [0.5, 0.6) is 11.5 Å². The molecule has 0 unspecified atom stereocenters. The number of hydrazine groups is 1. The van der Waals surface area contributed by atoms with Gasteiger partial charge in [0.15, 0.2) is 5.76 Å². The Kier molecular flexibility index (Phi) is 7.47. The van der Waals surface area contributed by atoms with Gasteiger partial charge in [0.25, 0.3) is 5.91 Å². The minimum absolute atomic E-state index is 0.118. The van der Waals surface area contributed by atoms with E-state index < -0.39 is 17.8 Å². The minimum Gasteiger partial charge on any atom is -0.494 e. The second-order valence-electron chi connectivity index (χ2n) is 6.45. The third-order valence-corrected chi connectivity index (χ3v) is 4.26. The van der Waals surface area contributed by atoms with E-state index in [-0.39, 0.29) is 11.5 Å². The fourth-order valence-corrected chi connectivity index (χ4v) is 2.64. The lowest BCUT2D eigenvalue weighted by molar-refractivity contribution is 0.0561. The first-order valence-corrected chi connectivity index (χ1v) is 9.73. The maximum absolute atomic E-state index is 12.2. The maximum Gasteiger partial charge on any atom is 0.373 e. The van der Waals surface area contributed by atoms with Crippen LogP contribution in [0.15, 0.2) is 65.1 Å².